The van der Waals surface area contributed by atoms with Gasteiger partial charge in [0.05, 0.1) is 17.5 Å². The van der Waals surface area contributed by atoms with Crippen LogP contribution in [0.25, 0.3) is 0 Å². The third kappa shape index (κ3) is 3.77. The maximum Gasteiger partial charge on any atom is 0.259 e. The number of hydrogen-bond donors (Lipinski definition) is 1. The van der Waals surface area contributed by atoms with E-state index in [4.69, 9.17) is 0 Å². The van der Waals surface area contributed by atoms with Gasteiger partial charge in [-0.15, -0.1) is 11.3 Å². The Morgan fingerprint density at radius 3 is 2.91 bits per heavy atom. The van der Waals surface area contributed by atoms with Gasteiger partial charge >= 0.3 is 0 Å². The summed E-state index contributed by atoms with van der Waals surface area (Å²) in [7, 11) is -3.22. The van der Waals surface area contributed by atoms with Crippen molar-refractivity contribution in [3.63, 3.8) is 0 Å². The Morgan fingerprint density at radius 2 is 2.22 bits per heavy atom. The maximum atomic E-state index is 12.2. The first-order chi connectivity index (χ1) is 10.8. The molecule has 0 atom stereocenters. The highest BCUT2D eigenvalue weighted by atomic mass is 79.9. The average molecular weight is 417 g/mol. The molecule has 0 aromatic carbocycles. The van der Waals surface area contributed by atoms with Gasteiger partial charge in [0.15, 0.2) is 5.13 Å². The van der Waals surface area contributed by atoms with Crippen molar-refractivity contribution < 1.29 is 13.2 Å². The number of halogens is 1. The second-order valence-corrected chi connectivity index (χ2v) is 9.06. The fourth-order valence-corrected chi connectivity index (χ4v) is 4.47. The quantitative estimate of drug-likeness (QED) is 0.823. The molecule has 23 heavy (non-hydrogen) atoms. The maximum absolute atomic E-state index is 12.2. The number of fused-ring (bicyclic) bond motifs is 1. The first-order valence-corrected chi connectivity index (χ1v) is 10.1. The summed E-state index contributed by atoms with van der Waals surface area (Å²) >= 11 is 4.57. The van der Waals surface area contributed by atoms with Gasteiger partial charge in [-0.2, -0.15) is 4.31 Å². The molecule has 3 heterocycles. The minimum atomic E-state index is -3.22. The van der Waals surface area contributed by atoms with Crippen LogP contribution in [0.3, 0.4) is 0 Å². The lowest BCUT2D eigenvalue weighted by molar-refractivity contribution is 0.102. The number of nitrogens with zero attached hydrogens (tertiary/aromatic N) is 3. The van der Waals surface area contributed by atoms with Crippen LogP contribution >= 0.6 is 27.3 Å². The Kier molecular flexibility index (Phi) is 4.50. The first kappa shape index (κ1) is 16.5. The number of carbonyl (C=O) groups is 1. The van der Waals surface area contributed by atoms with Crippen LogP contribution in [-0.4, -0.2) is 41.4 Å². The number of hydrogen-bond acceptors (Lipinski definition) is 6. The number of nitrogens with one attached hydrogen (secondary N) is 1. The Balaban J connectivity index is 1.77. The van der Waals surface area contributed by atoms with Crippen LogP contribution in [-0.2, 0) is 23.0 Å². The molecule has 0 saturated carbocycles. The minimum absolute atomic E-state index is 0.301. The van der Waals surface area contributed by atoms with Gasteiger partial charge in [0, 0.05) is 41.3 Å². The SMILES string of the molecule is CS(=O)(=O)N1CCc2nc(NC(=O)c3cncc(Br)c3)sc2C1. The van der Waals surface area contributed by atoms with Crippen LogP contribution in [0.4, 0.5) is 5.13 Å². The fraction of sp³-hybridized carbons (Fsp3) is 0.308. The van der Waals surface area contributed by atoms with E-state index in [0.29, 0.717) is 34.7 Å². The molecule has 1 amide bonds. The number of rotatable bonds is 3. The molecule has 3 rings (SSSR count). The zero-order chi connectivity index (χ0) is 16.6. The molecule has 10 heteroatoms. The van der Waals surface area contributed by atoms with E-state index in [1.807, 2.05) is 0 Å². The molecule has 1 aliphatic heterocycles. The number of thiazole rings is 1. The molecular formula is C13H13BrN4O3S2. The zero-order valence-corrected chi connectivity index (χ0v) is 15.3. The van der Waals surface area contributed by atoms with E-state index in [1.165, 1.54) is 28.1 Å². The van der Waals surface area contributed by atoms with Gasteiger partial charge in [-0.3, -0.25) is 15.1 Å². The van der Waals surface area contributed by atoms with Gasteiger partial charge in [-0.25, -0.2) is 13.4 Å². The van der Waals surface area contributed by atoms with Crippen LogP contribution in [0.15, 0.2) is 22.9 Å². The van der Waals surface area contributed by atoms with Gasteiger partial charge in [0.1, 0.15) is 0 Å². The summed E-state index contributed by atoms with van der Waals surface area (Å²) in [5, 5.41) is 3.20. The molecule has 122 valence electrons. The second-order valence-electron chi connectivity index (χ2n) is 5.08. The Morgan fingerprint density at radius 1 is 1.43 bits per heavy atom. The van der Waals surface area contributed by atoms with Crippen molar-refractivity contribution in [2.75, 3.05) is 18.1 Å². The summed E-state index contributed by atoms with van der Waals surface area (Å²) in [5.41, 5.74) is 1.27. The highest BCUT2D eigenvalue weighted by Crippen LogP contribution is 2.29. The van der Waals surface area contributed by atoms with Gasteiger partial charge in [0.2, 0.25) is 10.0 Å². The van der Waals surface area contributed by atoms with Crippen molar-refractivity contribution >= 4 is 48.3 Å². The summed E-state index contributed by atoms with van der Waals surface area (Å²) in [6.07, 6.45) is 4.81. The van der Waals surface area contributed by atoms with E-state index in [0.717, 1.165) is 10.6 Å². The zero-order valence-electron chi connectivity index (χ0n) is 12.1. The lowest BCUT2D eigenvalue weighted by atomic mass is 10.2. The summed E-state index contributed by atoms with van der Waals surface area (Å²) in [6, 6.07) is 1.67. The summed E-state index contributed by atoms with van der Waals surface area (Å²) in [4.78, 5) is 21.4. The number of aromatic nitrogens is 2. The number of anilines is 1. The van der Waals surface area contributed by atoms with Crippen molar-refractivity contribution in [2.45, 2.75) is 13.0 Å². The fourth-order valence-electron chi connectivity index (χ4n) is 2.21. The van der Waals surface area contributed by atoms with E-state index in [2.05, 4.69) is 31.2 Å². The van der Waals surface area contributed by atoms with Crippen LogP contribution in [0.5, 0.6) is 0 Å². The molecule has 2 aromatic rings. The van der Waals surface area contributed by atoms with Crippen molar-refractivity contribution in [1.82, 2.24) is 14.3 Å². The number of carbonyl (C=O) groups excluding carboxylic acids is 1. The van der Waals surface area contributed by atoms with Crippen LogP contribution < -0.4 is 5.32 Å². The van der Waals surface area contributed by atoms with E-state index in [9.17, 15) is 13.2 Å². The van der Waals surface area contributed by atoms with Crippen LogP contribution in [0.1, 0.15) is 20.9 Å². The largest absolute Gasteiger partial charge is 0.298 e. The molecule has 0 radical (unpaired) electrons. The third-order valence-electron chi connectivity index (χ3n) is 3.35. The molecule has 0 saturated heterocycles. The number of pyridine rings is 1. The normalized spacial score (nSPS) is 15.2. The highest BCUT2D eigenvalue weighted by molar-refractivity contribution is 9.10. The van der Waals surface area contributed by atoms with E-state index in [-0.39, 0.29) is 5.91 Å². The molecule has 1 aliphatic rings. The molecule has 1 N–H and O–H groups in total. The van der Waals surface area contributed by atoms with Gasteiger partial charge in [0.25, 0.3) is 5.91 Å². The van der Waals surface area contributed by atoms with Gasteiger partial charge in [-0.1, -0.05) is 0 Å². The topological polar surface area (TPSA) is 92.3 Å². The molecule has 0 unspecified atom stereocenters. The second kappa shape index (κ2) is 6.27. The summed E-state index contributed by atoms with van der Waals surface area (Å²) < 4.78 is 25.4. The first-order valence-electron chi connectivity index (χ1n) is 6.68. The molecule has 0 spiro atoms. The van der Waals surface area contributed by atoms with E-state index < -0.39 is 10.0 Å². The molecular weight excluding hydrogens is 404 g/mol. The Labute approximate surface area is 145 Å². The molecule has 0 aliphatic carbocycles. The van der Waals surface area contributed by atoms with E-state index in [1.54, 1.807) is 12.3 Å². The van der Waals surface area contributed by atoms with Gasteiger partial charge in [-0.05, 0) is 22.0 Å². The number of amides is 1. The Bertz CT molecular complexity index is 866. The van der Waals surface area contributed by atoms with Crippen LogP contribution in [0, 0.1) is 0 Å². The number of sulfonamides is 1. The Hall–Kier alpha value is -1.36. The lowest BCUT2D eigenvalue weighted by Gasteiger charge is -2.23. The smallest absolute Gasteiger partial charge is 0.259 e. The third-order valence-corrected chi connectivity index (χ3v) is 6.03. The summed E-state index contributed by atoms with van der Waals surface area (Å²) in [6.45, 7) is 0.721. The minimum Gasteiger partial charge on any atom is -0.298 e. The molecule has 2 aromatic heterocycles. The van der Waals surface area contributed by atoms with Crippen molar-refractivity contribution in [3.05, 3.63) is 39.1 Å². The van der Waals surface area contributed by atoms with Crippen molar-refractivity contribution in [1.29, 1.82) is 0 Å². The molecule has 0 bridgehead atoms. The molecule has 7 nitrogen and oxygen atoms in total. The predicted molar refractivity (Wildman–Crippen MR) is 91.0 cm³/mol. The standard InChI is InChI=1S/C13H13BrN4O3S2/c1-23(20,21)18-3-2-10-11(7-18)22-13(16-10)17-12(19)8-4-9(14)6-15-5-8/h4-6H,2-3,7H2,1H3,(H,16,17,19). The van der Waals surface area contributed by atoms with E-state index >= 15 is 0 Å². The summed E-state index contributed by atoms with van der Waals surface area (Å²) in [5.74, 6) is -0.301. The average Bonchev–Trinajstić information content (AvgIpc) is 2.87. The lowest BCUT2D eigenvalue weighted by Crippen LogP contribution is -2.34. The van der Waals surface area contributed by atoms with Crippen molar-refractivity contribution in [2.24, 2.45) is 0 Å². The molecule has 0 fully saturated rings. The van der Waals surface area contributed by atoms with Crippen LogP contribution in [0.2, 0.25) is 0 Å². The highest BCUT2D eigenvalue weighted by Gasteiger charge is 2.26. The monoisotopic (exact) mass is 416 g/mol. The van der Waals surface area contributed by atoms with Crippen molar-refractivity contribution in [3.8, 4) is 0 Å². The predicted octanol–water partition coefficient (Wildman–Crippen LogP) is 1.87. The van der Waals surface area contributed by atoms with Gasteiger partial charge < -0.3 is 0 Å².